The van der Waals surface area contributed by atoms with Crippen LogP contribution in [0.5, 0.6) is 11.5 Å². The topological polar surface area (TPSA) is 64.6 Å². The molecule has 5 nitrogen and oxygen atoms in total. The first-order valence-electron chi connectivity index (χ1n) is 9.59. The lowest BCUT2D eigenvalue weighted by Gasteiger charge is -2.59. The van der Waals surface area contributed by atoms with Crippen molar-refractivity contribution in [1.82, 2.24) is 4.72 Å². The smallest absolute Gasteiger partial charge is 0.244 e. The van der Waals surface area contributed by atoms with Gasteiger partial charge in [-0.3, -0.25) is 0 Å². The summed E-state index contributed by atoms with van der Waals surface area (Å²) in [5, 5.41) is 0. The molecular weight excluding hydrogens is 350 g/mol. The van der Waals surface area contributed by atoms with Gasteiger partial charge in [0, 0.05) is 12.1 Å². The quantitative estimate of drug-likeness (QED) is 0.820. The molecule has 1 unspecified atom stereocenters. The van der Waals surface area contributed by atoms with Crippen LogP contribution in [0.4, 0.5) is 0 Å². The lowest BCUT2D eigenvalue weighted by Crippen LogP contribution is -2.55. The monoisotopic (exact) mass is 379 g/mol. The minimum atomic E-state index is -3.65. The van der Waals surface area contributed by atoms with Crippen molar-refractivity contribution in [3.63, 3.8) is 0 Å². The van der Waals surface area contributed by atoms with Gasteiger partial charge in [-0.1, -0.05) is 0 Å². The van der Waals surface area contributed by atoms with Crippen LogP contribution in [-0.2, 0) is 10.0 Å². The third-order valence-electron chi connectivity index (χ3n) is 7.00. The van der Waals surface area contributed by atoms with E-state index >= 15 is 0 Å². The summed E-state index contributed by atoms with van der Waals surface area (Å²) in [6.45, 7) is 2.06. The van der Waals surface area contributed by atoms with E-state index in [2.05, 4.69) is 11.6 Å². The number of nitrogens with one attached hydrogen (secondary N) is 1. The van der Waals surface area contributed by atoms with E-state index in [1.54, 1.807) is 25.3 Å². The fraction of sp³-hybridized carbons (Fsp3) is 0.700. The maximum absolute atomic E-state index is 13.1. The molecule has 4 fully saturated rings. The second kappa shape index (κ2) is 6.41. The van der Waals surface area contributed by atoms with Crippen LogP contribution in [-0.4, -0.2) is 28.7 Å². The van der Waals surface area contributed by atoms with Crippen molar-refractivity contribution in [2.75, 3.05) is 14.2 Å². The largest absolute Gasteiger partial charge is 0.497 e. The molecule has 0 spiro atoms. The molecule has 144 valence electrons. The Morgan fingerprint density at radius 1 is 1.04 bits per heavy atom. The van der Waals surface area contributed by atoms with E-state index in [0.717, 1.165) is 17.8 Å². The zero-order chi connectivity index (χ0) is 18.5. The van der Waals surface area contributed by atoms with E-state index in [4.69, 9.17) is 9.47 Å². The molecule has 5 rings (SSSR count). The van der Waals surface area contributed by atoms with Gasteiger partial charge in [0.15, 0.2) is 0 Å². The highest BCUT2D eigenvalue weighted by Gasteiger charge is 2.53. The second-order valence-electron chi connectivity index (χ2n) is 8.64. The summed E-state index contributed by atoms with van der Waals surface area (Å²) >= 11 is 0. The molecule has 4 bridgehead atoms. The molecule has 1 N–H and O–H groups in total. The van der Waals surface area contributed by atoms with Gasteiger partial charge in [0.25, 0.3) is 0 Å². The van der Waals surface area contributed by atoms with E-state index in [1.165, 1.54) is 45.6 Å². The van der Waals surface area contributed by atoms with Gasteiger partial charge in [-0.15, -0.1) is 0 Å². The van der Waals surface area contributed by atoms with Crippen molar-refractivity contribution in [2.24, 2.45) is 23.2 Å². The van der Waals surface area contributed by atoms with Crippen LogP contribution in [0.3, 0.4) is 0 Å². The van der Waals surface area contributed by atoms with Gasteiger partial charge in [-0.2, -0.15) is 0 Å². The molecule has 1 aromatic rings. The zero-order valence-electron chi connectivity index (χ0n) is 15.8. The molecule has 1 atom stereocenters. The van der Waals surface area contributed by atoms with Crippen molar-refractivity contribution >= 4 is 10.0 Å². The highest BCUT2D eigenvalue weighted by Crippen LogP contribution is 2.61. The average Bonchev–Trinajstić information content (AvgIpc) is 2.59. The number of benzene rings is 1. The first-order chi connectivity index (χ1) is 12.3. The number of methoxy groups -OCH3 is 2. The third kappa shape index (κ3) is 3.01. The minimum absolute atomic E-state index is 0.0623. The zero-order valence-corrected chi connectivity index (χ0v) is 16.6. The molecule has 0 aliphatic heterocycles. The number of rotatable bonds is 6. The molecule has 4 aliphatic carbocycles. The van der Waals surface area contributed by atoms with Gasteiger partial charge in [-0.25, -0.2) is 13.1 Å². The fourth-order valence-corrected chi connectivity index (χ4v) is 7.62. The van der Waals surface area contributed by atoms with Crippen molar-refractivity contribution < 1.29 is 17.9 Å². The van der Waals surface area contributed by atoms with Crippen LogP contribution < -0.4 is 14.2 Å². The number of hydrogen-bond donors (Lipinski definition) is 1. The Morgan fingerprint density at radius 3 is 2.12 bits per heavy atom. The summed E-state index contributed by atoms with van der Waals surface area (Å²) in [6, 6.07) is 4.77. The normalized spacial score (nSPS) is 33.9. The Hall–Kier alpha value is -1.27. The first kappa shape index (κ1) is 18.1. The van der Waals surface area contributed by atoms with Gasteiger partial charge in [0.05, 0.1) is 14.2 Å². The van der Waals surface area contributed by atoms with Gasteiger partial charge in [0.1, 0.15) is 16.4 Å². The van der Waals surface area contributed by atoms with Crippen LogP contribution in [0.1, 0.15) is 45.4 Å². The molecule has 4 aliphatic rings. The summed E-state index contributed by atoms with van der Waals surface area (Å²) in [5.41, 5.74) is 0.127. The van der Waals surface area contributed by atoms with Gasteiger partial charge >= 0.3 is 0 Å². The average molecular weight is 380 g/mol. The first-order valence-corrected chi connectivity index (χ1v) is 11.1. The number of ether oxygens (including phenoxy) is 2. The Labute approximate surface area is 156 Å². The molecule has 1 aromatic carbocycles. The molecule has 0 heterocycles. The van der Waals surface area contributed by atoms with Crippen LogP contribution in [0.2, 0.25) is 0 Å². The van der Waals surface area contributed by atoms with Crippen molar-refractivity contribution in [2.45, 2.75) is 56.4 Å². The summed E-state index contributed by atoms with van der Waals surface area (Å²) in [4.78, 5) is 0.178. The Kier molecular flexibility index (Phi) is 4.47. The van der Waals surface area contributed by atoms with E-state index in [1.807, 2.05) is 0 Å². The van der Waals surface area contributed by atoms with Crippen molar-refractivity contribution in [3.05, 3.63) is 18.2 Å². The summed E-state index contributed by atoms with van der Waals surface area (Å²) in [7, 11) is -0.617. The molecule has 0 amide bonds. The predicted octanol–water partition coefficient (Wildman–Crippen LogP) is 3.59. The lowest BCUT2D eigenvalue weighted by molar-refractivity contribution is -0.0666. The van der Waals surface area contributed by atoms with Crippen LogP contribution in [0, 0.1) is 23.2 Å². The van der Waals surface area contributed by atoms with E-state index in [9.17, 15) is 8.42 Å². The predicted molar refractivity (Wildman–Crippen MR) is 99.9 cm³/mol. The van der Waals surface area contributed by atoms with Crippen molar-refractivity contribution in [1.29, 1.82) is 0 Å². The van der Waals surface area contributed by atoms with E-state index in [0.29, 0.717) is 11.5 Å². The molecule has 0 radical (unpaired) electrons. The molecule has 4 saturated carbocycles. The molecule has 26 heavy (non-hydrogen) atoms. The SMILES string of the molecule is COc1ccc(S(=O)(=O)NC(C)C23CC4CC(CC(C4)C2)C3)c(OC)c1. The second-order valence-corrected chi connectivity index (χ2v) is 10.3. The highest BCUT2D eigenvalue weighted by molar-refractivity contribution is 7.89. The van der Waals surface area contributed by atoms with Gasteiger partial charge in [-0.05, 0) is 80.8 Å². The third-order valence-corrected chi connectivity index (χ3v) is 8.58. The Bertz CT molecular complexity index is 754. The molecule has 0 aromatic heterocycles. The van der Waals surface area contributed by atoms with E-state index in [-0.39, 0.29) is 16.4 Å². The Morgan fingerprint density at radius 2 is 1.62 bits per heavy atom. The molecule has 0 saturated heterocycles. The number of hydrogen-bond acceptors (Lipinski definition) is 4. The standard InChI is InChI=1S/C20H29NO4S/c1-13(20-10-14-6-15(11-20)8-16(7-14)12-20)21-26(22,23)19-5-4-17(24-2)9-18(19)25-3/h4-5,9,13-16,21H,6-8,10-12H2,1-3H3. The number of sulfonamides is 1. The van der Waals surface area contributed by atoms with Crippen LogP contribution in [0.15, 0.2) is 23.1 Å². The lowest BCUT2D eigenvalue weighted by atomic mass is 9.48. The summed E-state index contributed by atoms with van der Waals surface area (Å²) < 4.78 is 39.6. The highest BCUT2D eigenvalue weighted by atomic mass is 32.2. The molecular formula is C20H29NO4S. The van der Waals surface area contributed by atoms with Gasteiger partial charge < -0.3 is 9.47 Å². The Balaban J connectivity index is 1.58. The maximum atomic E-state index is 13.1. The molecule has 6 heteroatoms. The minimum Gasteiger partial charge on any atom is -0.497 e. The van der Waals surface area contributed by atoms with E-state index < -0.39 is 10.0 Å². The fourth-order valence-electron chi connectivity index (χ4n) is 6.13. The van der Waals surface area contributed by atoms with Crippen molar-refractivity contribution in [3.8, 4) is 11.5 Å². The van der Waals surface area contributed by atoms with Crippen LogP contribution in [0.25, 0.3) is 0 Å². The summed E-state index contributed by atoms with van der Waals surface area (Å²) in [5.74, 6) is 3.28. The van der Waals surface area contributed by atoms with Crippen LogP contribution >= 0.6 is 0 Å². The van der Waals surface area contributed by atoms with Gasteiger partial charge in [0.2, 0.25) is 10.0 Å². The maximum Gasteiger partial charge on any atom is 0.244 e. The summed E-state index contributed by atoms with van der Waals surface area (Å²) in [6.07, 6.45) is 7.56.